The monoisotopic (exact) mass is 405 g/mol. The van der Waals surface area contributed by atoms with E-state index >= 15 is 0 Å². The van der Waals surface area contributed by atoms with E-state index in [0.717, 1.165) is 0 Å². The molecule has 0 aliphatic rings. The Morgan fingerprint density at radius 1 is 1.31 bits per heavy atom. The minimum Gasteiger partial charge on any atom is -0.391 e. The molecule has 2 aromatic rings. The molecule has 0 saturated heterocycles. The third-order valence-electron chi connectivity index (χ3n) is 3.85. The molecule has 156 valence electrons. The Kier molecular flexibility index (Phi) is 7.95. The molecule has 0 saturated carbocycles. The average molecular weight is 405 g/mol. The van der Waals surface area contributed by atoms with Gasteiger partial charge in [-0.2, -0.15) is 0 Å². The van der Waals surface area contributed by atoms with Gasteiger partial charge in [-0.1, -0.05) is 18.2 Å². The average Bonchev–Trinajstić information content (AvgIpc) is 2.66. The number of aromatic nitrogens is 2. The molecule has 11 heteroatoms. The van der Waals surface area contributed by atoms with Gasteiger partial charge in [-0.15, -0.1) is 0 Å². The number of anilines is 1. The second kappa shape index (κ2) is 10.6. The maximum atomic E-state index is 13.7. The Balaban J connectivity index is 1.90. The smallest absolute Gasteiger partial charge is 0.290 e. The number of carbonyl (C=O) groups excluding carboxylic acids is 1. The summed E-state index contributed by atoms with van der Waals surface area (Å²) in [6, 6.07) is 6.42. The van der Waals surface area contributed by atoms with Gasteiger partial charge in [-0.3, -0.25) is 9.59 Å². The second-order valence-corrected chi connectivity index (χ2v) is 6.13. The van der Waals surface area contributed by atoms with E-state index in [4.69, 9.17) is 16.3 Å². The number of aromatic amines is 1. The molecule has 0 atom stereocenters. The molecule has 1 heterocycles. The molecule has 7 N–H and O–H groups in total. The van der Waals surface area contributed by atoms with E-state index in [-0.39, 0.29) is 43.1 Å². The number of nitrogens with zero attached hydrogens (tertiary/aromatic N) is 2. The van der Waals surface area contributed by atoms with Crippen molar-refractivity contribution in [2.45, 2.75) is 19.8 Å². The summed E-state index contributed by atoms with van der Waals surface area (Å²) in [5.74, 6) is -0.746. The number of rotatable bonds is 10. The lowest BCUT2D eigenvalue weighted by Crippen LogP contribution is -2.30. The third-order valence-corrected chi connectivity index (χ3v) is 3.85. The lowest BCUT2D eigenvalue weighted by Gasteiger charge is -2.10. The highest BCUT2D eigenvalue weighted by Gasteiger charge is 2.12. The highest BCUT2D eigenvalue weighted by Crippen LogP contribution is 2.08. The fourth-order valence-electron chi connectivity index (χ4n) is 2.45. The number of halogens is 1. The molecule has 1 amide bonds. The van der Waals surface area contributed by atoms with E-state index in [0.29, 0.717) is 29.9 Å². The summed E-state index contributed by atoms with van der Waals surface area (Å²) in [6.07, 6.45) is 0.347. The van der Waals surface area contributed by atoms with Crippen LogP contribution in [0.3, 0.4) is 0 Å². The van der Waals surface area contributed by atoms with Crippen LogP contribution in [-0.4, -0.2) is 41.5 Å². The number of nitrogens with two attached hydrogens (primary N) is 2. The molecular weight excluding hydrogens is 381 g/mol. The van der Waals surface area contributed by atoms with Crippen molar-refractivity contribution in [3.8, 4) is 0 Å². The van der Waals surface area contributed by atoms with Gasteiger partial charge in [0, 0.05) is 12.2 Å². The summed E-state index contributed by atoms with van der Waals surface area (Å²) < 4.78 is 13.7. The molecular formula is C18H24FN7O3. The first kappa shape index (κ1) is 21.7. The lowest BCUT2D eigenvalue weighted by molar-refractivity contribution is -0.120. The summed E-state index contributed by atoms with van der Waals surface area (Å²) in [6.45, 7) is 2.27. The molecule has 0 aliphatic heterocycles. The first-order chi connectivity index (χ1) is 13.9. The van der Waals surface area contributed by atoms with Crippen LogP contribution in [0.4, 0.5) is 10.2 Å². The third kappa shape index (κ3) is 7.13. The van der Waals surface area contributed by atoms with E-state index in [1.165, 1.54) is 6.07 Å². The van der Waals surface area contributed by atoms with Crippen LogP contribution in [0.1, 0.15) is 17.0 Å². The van der Waals surface area contributed by atoms with Crippen molar-refractivity contribution < 1.29 is 14.0 Å². The molecule has 29 heavy (non-hydrogen) atoms. The van der Waals surface area contributed by atoms with Crippen molar-refractivity contribution in [1.82, 2.24) is 15.3 Å². The van der Waals surface area contributed by atoms with Crippen LogP contribution in [0.15, 0.2) is 34.2 Å². The number of H-pyrrole nitrogens is 1. The number of hydrogen-bond acceptors (Lipinski definition) is 6. The molecule has 2 rings (SSSR count). The van der Waals surface area contributed by atoms with Crippen molar-refractivity contribution in [2.24, 2.45) is 16.6 Å². The first-order valence-corrected chi connectivity index (χ1v) is 8.91. The Bertz CT molecular complexity index is 926. The van der Waals surface area contributed by atoms with Crippen LogP contribution in [-0.2, 0) is 22.5 Å². The molecule has 10 nitrogen and oxygen atoms in total. The zero-order chi connectivity index (χ0) is 21.2. The fraction of sp³-hybridized carbons (Fsp3) is 0.333. The zero-order valence-corrected chi connectivity index (χ0v) is 16.0. The maximum absolute atomic E-state index is 13.7. The van der Waals surface area contributed by atoms with Gasteiger partial charge < -0.3 is 31.9 Å². The Morgan fingerprint density at radius 3 is 2.79 bits per heavy atom. The van der Waals surface area contributed by atoms with E-state index < -0.39 is 5.56 Å². The van der Waals surface area contributed by atoms with Gasteiger partial charge in [0.1, 0.15) is 12.4 Å². The van der Waals surface area contributed by atoms with Crippen molar-refractivity contribution >= 4 is 17.7 Å². The fourth-order valence-corrected chi connectivity index (χ4v) is 2.45. The molecule has 0 spiro atoms. The van der Waals surface area contributed by atoms with Gasteiger partial charge in [0.15, 0.2) is 5.82 Å². The quantitative estimate of drug-likeness (QED) is 0.157. The highest BCUT2D eigenvalue weighted by atomic mass is 19.1. The first-order valence-electron chi connectivity index (χ1n) is 8.91. The number of oxime groups is 1. The molecule has 0 aliphatic carbocycles. The number of hydrogen-bond donors (Lipinski definition) is 5. The highest BCUT2D eigenvalue weighted by molar-refractivity contribution is 5.78. The largest absolute Gasteiger partial charge is 0.391 e. The van der Waals surface area contributed by atoms with Crippen LogP contribution in [0.2, 0.25) is 0 Å². The van der Waals surface area contributed by atoms with E-state index in [9.17, 15) is 14.0 Å². The summed E-state index contributed by atoms with van der Waals surface area (Å²) in [5.41, 5.74) is 11.2. The van der Waals surface area contributed by atoms with E-state index in [1.807, 2.05) is 0 Å². The standard InChI is InChI=1S/C18H24FN7O3/c1-11-14(10-15(27)22-8-9-29-26-18(20)21)25-16(17(28)24-11)23-7-6-12-4-2-3-5-13(12)19/h2-5H,6-10H2,1H3,(H,22,27)(H,23,25)(H,24,28)(H4,20,21,26). The second-order valence-electron chi connectivity index (χ2n) is 6.13. The summed E-state index contributed by atoms with van der Waals surface area (Å²) in [4.78, 5) is 35.8. The van der Waals surface area contributed by atoms with Crippen LogP contribution < -0.4 is 27.7 Å². The Hall–Kier alpha value is -3.63. The van der Waals surface area contributed by atoms with Crippen LogP contribution >= 0.6 is 0 Å². The molecule has 1 aromatic carbocycles. The minimum absolute atomic E-state index is 0.0348. The summed E-state index contributed by atoms with van der Waals surface area (Å²) in [7, 11) is 0. The number of nitrogens with one attached hydrogen (secondary N) is 3. The van der Waals surface area contributed by atoms with Gasteiger partial charge >= 0.3 is 0 Å². The lowest BCUT2D eigenvalue weighted by atomic mass is 10.1. The maximum Gasteiger partial charge on any atom is 0.290 e. The zero-order valence-electron chi connectivity index (χ0n) is 16.0. The van der Waals surface area contributed by atoms with Gasteiger partial charge in [-0.05, 0) is 30.1 Å². The van der Waals surface area contributed by atoms with Gasteiger partial charge in [-0.25, -0.2) is 9.37 Å². The Morgan fingerprint density at radius 2 is 2.07 bits per heavy atom. The number of guanidine groups is 1. The van der Waals surface area contributed by atoms with Crippen LogP contribution in [0, 0.1) is 12.7 Å². The number of amides is 1. The number of carbonyl (C=O) groups is 1. The molecule has 0 fully saturated rings. The normalized spacial score (nSPS) is 10.3. The van der Waals surface area contributed by atoms with Crippen molar-refractivity contribution in [3.63, 3.8) is 0 Å². The van der Waals surface area contributed by atoms with E-state index in [2.05, 4.69) is 25.8 Å². The molecule has 0 bridgehead atoms. The number of benzene rings is 1. The minimum atomic E-state index is -0.411. The Labute approximate surface area is 166 Å². The topological polar surface area (TPSA) is 161 Å². The number of aryl methyl sites for hydroxylation is 1. The van der Waals surface area contributed by atoms with E-state index in [1.54, 1.807) is 25.1 Å². The van der Waals surface area contributed by atoms with Crippen molar-refractivity contribution in [3.05, 3.63) is 57.4 Å². The predicted molar refractivity (Wildman–Crippen MR) is 107 cm³/mol. The van der Waals surface area contributed by atoms with Crippen molar-refractivity contribution in [1.29, 1.82) is 0 Å². The van der Waals surface area contributed by atoms with Gasteiger partial charge in [0.2, 0.25) is 11.9 Å². The SMILES string of the molecule is Cc1[nH]c(=O)c(NCCc2ccccc2F)nc1CC(=O)NCCON=C(N)N. The predicted octanol–water partition coefficient (Wildman–Crippen LogP) is -0.264. The molecule has 0 unspecified atom stereocenters. The van der Waals surface area contributed by atoms with Gasteiger partial charge in [0.25, 0.3) is 5.56 Å². The van der Waals surface area contributed by atoms with Gasteiger partial charge in [0.05, 0.1) is 18.7 Å². The van der Waals surface area contributed by atoms with Crippen LogP contribution in [0.5, 0.6) is 0 Å². The molecule has 1 aromatic heterocycles. The van der Waals surface area contributed by atoms with Crippen LogP contribution in [0.25, 0.3) is 0 Å². The van der Waals surface area contributed by atoms with Crippen molar-refractivity contribution in [2.75, 3.05) is 25.0 Å². The summed E-state index contributed by atoms with van der Waals surface area (Å²) in [5, 5.41) is 8.85. The molecule has 0 radical (unpaired) electrons. The summed E-state index contributed by atoms with van der Waals surface area (Å²) >= 11 is 0.